The number of aromatic nitrogens is 1. The van der Waals surface area contributed by atoms with Gasteiger partial charge in [0.15, 0.2) is 6.61 Å². The van der Waals surface area contributed by atoms with E-state index in [0.29, 0.717) is 23.1 Å². The zero-order valence-corrected chi connectivity index (χ0v) is 19.0. The molecule has 2 rings (SSSR count). The fourth-order valence-corrected chi connectivity index (χ4v) is 3.64. The van der Waals surface area contributed by atoms with Crippen LogP contribution in [0, 0.1) is 6.92 Å². The van der Waals surface area contributed by atoms with Crippen LogP contribution in [0.2, 0.25) is 0 Å². The SMILES string of the molecule is C/C=C\C(=C\C/C(=C\C)Cn1c(C)c(C(=O)C(N)=O)c2c(OCC(=O)O)cccc21)CC. The van der Waals surface area contributed by atoms with Gasteiger partial charge < -0.3 is 20.1 Å². The summed E-state index contributed by atoms with van der Waals surface area (Å²) in [5.74, 6) is -2.83. The molecule has 1 aromatic carbocycles. The maximum absolute atomic E-state index is 12.7. The molecule has 32 heavy (non-hydrogen) atoms. The van der Waals surface area contributed by atoms with Crippen molar-refractivity contribution >= 4 is 28.6 Å². The number of rotatable bonds is 11. The Morgan fingerprint density at radius 2 is 1.94 bits per heavy atom. The van der Waals surface area contributed by atoms with Crippen molar-refractivity contribution in [3.63, 3.8) is 0 Å². The first-order chi connectivity index (χ1) is 15.2. The van der Waals surface area contributed by atoms with Crippen molar-refractivity contribution in [1.82, 2.24) is 4.57 Å². The van der Waals surface area contributed by atoms with Crippen LogP contribution in [0.4, 0.5) is 0 Å². The van der Waals surface area contributed by atoms with Gasteiger partial charge in [0.1, 0.15) is 5.75 Å². The molecule has 0 bridgehead atoms. The van der Waals surface area contributed by atoms with Crippen molar-refractivity contribution in [2.45, 2.75) is 47.1 Å². The molecular weight excluding hydrogens is 408 g/mol. The Labute approximate surface area is 187 Å². The van der Waals surface area contributed by atoms with Gasteiger partial charge in [0, 0.05) is 12.2 Å². The number of carbonyl (C=O) groups is 3. The van der Waals surface area contributed by atoms with Gasteiger partial charge in [-0.1, -0.05) is 48.4 Å². The summed E-state index contributed by atoms with van der Waals surface area (Å²) in [5.41, 5.74) is 9.04. The van der Waals surface area contributed by atoms with E-state index < -0.39 is 24.3 Å². The molecule has 0 aliphatic heterocycles. The number of ether oxygens (including phenoxy) is 1. The summed E-state index contributed by atoms with van der Waals surface area (Å²) < 4.78 is 7.36. The first-order valence-electron chi connectivity index (χ1n) is 10.5. The summed E-state index contributed by atoms with van der Waals surface area (Å²) in [5, 5.41) is 9.39. The zero-order valence-electron chi connectivity index (χ0n) is 19.0. The van der Waals surface area contributed by atoms with Crippen LogP contribution in [0.5, 0.6) is 5.75 Å². The summed E-state index contributed by atoms with van der Waals surface area (Å²) in [4.78, 5) is 35.4. The van der Waals surface area contributed by atoms with E-state index in [1.54, 1.807) is 19.1 Å². The van der Waals surface area contributed by atoms with Gasteiger partial charge in [-0.25, -0.2) is 4.79 Å². The second kappa shape index (κ2) is 11.1. The van der Waals surface area contributed by atoms with Crippen LogP contribution in [-0.4, -0.2) is 33.9 Å². The molecule has 0 saturated heterocycles. The van der Waals surface area contributed by atoms with E-state index >= 15 is 0 Å². The Hall–Kier alpha value is -3.61. The van der Waals surface area contributed by atoms with Crippen LogP contribution in [0.3, 0.4) is 0 Å². The second-order valence-corrected chi connectivity index (χ2v) is 7.36. The number of fused-ring (bicyclic) bond motifs is 1. The third kappa shape index (κ3) is 5.55. The quantitative estimate of drug-likeness (QED) is 0.235. The fraction of sp³-hybridized carbons (Fsp3) is 0.320. The van der Waals surface area contributed by atoms with E-state index in [2.05, 4.69) is 19.1 Å². The molecule has 7 heteroatoms. The van der Waals surface area contributed by atoms with E-state index in [-0.39, 0.29) is 11.3 Å². The standard InChI is InChI=1S/C25H30N2O5/c1-5-9-17(6-2)12-13-18(7-3)14-27-16(4)22(24(30)25(26)31)23-19(27)10-8-11-20(23)32-15-21(28)29/h5,7-12H,6,13-15H2,1-4H3,(H2,26,31)(H,28,29)/b9-5-,17-12+,18-7+. The van der Waals surface area contributed by atoms with Crippen LogP contribution in [-0.2, 0) is 16.1 Å². The van der Waals surface area contributed by atoms with Gasteiger partial charge >= 0.3 is 5.97 Å². The molecule has 0 aliphatic rings. The van der Waals surface area contributed by atoms with Crippen molar-refractivity contribution in [3.05, 3.63) is 64.9 Å². The van der Waals surface area contributed by atoms with Crippen molar-refractivity contribution < 1.29 is 24.2 Å². The van der Waals surface area contributed by atoms with Gasteiger partial charge in [0.05, 0.1) is 16.5 Å². The fourth-order valence-electron chi connectivity index (χ4n) is 3.64. The Morgan fingerprint density at radius 3 is 2.50 bits per heavy atom. The molecule has 0 unspecified atom stereocenters. The zero-order chi connectivity index (χ0) is 23.8. The highest BCUT2D eigenvalue weighted by atomic mass is 16.5. The topological polar surface area (TPSA) is 112 Å². The Kier molecular flexibility index (Phi) is 8.58. The number of amides is 1. The molecule has 2 aromatic rings. The summed E-state index contributed by atoms with van der Waals surface area (Å²) in [7, 11) is 0. The molecule has 0 spiro atoms. The molecular formula is C25H30N2O5. The lowest BCUT2D eigenvalue weighted by Crippen LogP contribution is -2.24. The number of benzene rings is 1. The molecule has 1 heterocycles. The van der Waals surface area contributed by atoms with Gasteiger partial charge in [-0.2, -0.15) is 0 Å². The highest BCUT2D eigenvalue weighted by molar-refractivity contribution is 6.45. The summed E-state index contributed by atoms with van der Waals surface area (Å²) in [6.07, 6.45) is 9.96. The minimum absolute atomic E-state index is 0.141. The maximum atomic E-state index is 12.7. The first-order valence-corrected chi connectivity index (χ1v) is 10.5. The summed E-state index contributed by atoms with van der Waals surface area (Å²) in [6, 6.07) is 5.12. The van der Waals surface area contributed by atoms with Gasteiger partial charge in [0.2, 0.25) is 0 Å². The number of hydrogen-bond donors (Lipinski definition) is 2. The summed E-state index contributed by atoms with van der Waals surface area (Å²) in [6.45, 7) is 7.72. The number of carboxylic acid groups (broad SMARTS) is 1. The van der Waals surface area contributed by atoms with Crippen LogP contribution in [0.25, 0.3) is 10.9 Å². The van der Waals surface area contributed by atoms with E-state index in [9.17, 15) is 14.4 Å². The number of hydrogen-bond acceptors (Lipinski definition) is 4. The molecule has 0 atom stereocenters. The van der Waals surface area contributed by atoms with Gasteiger partial charge in [-0.05, 0) is 45.7 Å². The lowest BCUT2D eigenvalue weighted by molar-refractivity contribution is -0.139. The van der Waals surface area contributed by atoms with Crippen molar-refractivity contribution in [1.29, 1.82) is 0 Å². The van der Waals surface area contributed by atoms with E-state index in [1.165, 1.54) is 5.57 Å². The maximum Gasteiger partial charge on any atom is 0.341 e. The number of carbonyl (C=O) groups excluding carboxylic acids is 2. The molecule has 170 valence electrons. The van der Waals surface area contributed by atoms with Gasteiger partial charge in [-0.3, -0.25) is 9.59 Å². The van der Waals surface area contributed by atoms with E-state index in [1.807, 2.05) is 36.6 Å². The number of Topliss-reactive ketones (excluding diaryl/α,β-unsaturated/α-hetero) is 1. The molecule has 7 nitrogen and oxygen atoms in total. The lowest BCUT2D eigenvalue weighted by Gasteiger charge is -2.12. The summed E-state index contributed by atoms with van der Waals surface area (Å²) >= 11 is 0. The van der Waals surface area contributed by atoms with Crippen LogP contribution in [0.15, 0.2) is 53.6 Å². The van der Waals surface area contributed by atoms with Crippen molar-refractivity contribution in [2.24, 2.45) is 5.73 Å². The largest absolute Gasteiger partial charge is 0.481 e. The number of nitrogens with zero attached hydrogens (tertiary/aromatic N) is 1. The number of primary amides is 1. The molecule has 0 radical (unpaired) electrons. The minimum atomic E-state index is -1.14. The van der Waals surface area contributed by atoms with E-state index in [0.717, 1.165) is 18.4 Å². The lowest BCUT2D eigenvalue weighted by atomic mass is 10.1. The van der Waals surface area contributed by atoms with Crippen molar-refractivity contribution in [3.8, 4) is 5.75 Å². The molecule has 0 saturated carbocycles. The average Bonchev–Trinajstić information content (AvgIpc) is 3.04. The molecule has 3 N–H and O–H groups in total. The van der Waals surface area contributed by atoms with Gasteiger partial charge in [0.25, 0.3) is 11.7 Å². The Balaban J connectivity index is 2.60. The van der Waals surface area contributed by atoms with Crippen LogP contribution < -0.4 is 10.5 Å². The average molecular weight is 439 g/mol. The predicted octanol–water partition coefficient (Wildman–Crippen LogP) is 4.33. The monoisotopic (exact) mass is 438 g/mol. The van der Waals surface area contributed by atoms with Gasteiger partial charge in [-0.15, -0.1) is 0 Å². The number of aliphatic carboxylic acids is 1. The molecule has 1 amide bonds. The molecule has 0 aliphatic carbocycles. The van der Waals surface area contributed by atoms with Crippen LogP contribution in [0.1, 0.15) is 49.7 Å². The third-order valence-electron chi connectivity index (χ3n) is 5.30. The molecule has 1 aromatic heterocycles. The predicted molar refractivity (Wildman–Crippen MR) is 125 cm³/mol. The first kappa shape index (κ1) is 24.7. The normalized spacial score (nSPS) is 12.5. The Bertz CT molecular complexity index is 1120. The second-order valence-electron chi connectivity index (χ2n) is 7.36. The highest BCUT2D eigenvalue weighted by Crippen LogP contribution is 2.35. The van der Waals surface area contributed by atoms with Crippen LogP contribution >= 0.6 is 0 Å². The Morgan fingerprint density at radius 1 is 1.22 bits per heavy atom. The van der Waals surface area contributed by atoms with Crippen molar-refractivity contribution in [2.75, 3.05) is 6.61 Å². The number of allylic oxidation sites excluding steroid dienone is 6. The highest BCUT2D eigenvalue weighted by Gasteiger charge is 2.26. The third-order valence-corrected chi connectivity index (χ3v) is 5.30. The molecule has 0 fully saturated rings. The number of carboxylic acids is 1. The smallest absolute Gasteiger partial charge is 0.341 e. The number of nitrogens with two attached hydrogens (primary N) is 1. The minimum Gasteiger partial charge on any atom is -0.481 e. The van der Waals surface area contributed by atoms with E-state index in [4.69, 9.17) is 15.6 Å². The number of ketones is 1.